The molecule has 0 amide bonds. The summed E-state index contributed by atoms with van der Waals surface area (Å²) in [6.45, 7) is 12.9. The number of aliphatic hydroxyl groups excluding tert-OH is 1. The standard InChI is InChI=1S/C17H30N2O/c1-5-19(9-6-10-20)17-8-7-16(15(4)11-17)13-18-12-14(2)3/h7-8,11,14,18,20H,5-6,9-10,12-13H2,1-4H3. The molecule has 1 aromatic carbocycles. The third-order valence-corrected chi connectivity index (χ3v) is 3.53. The second kappa shape index (κ2) is 8.98. The average molecular weight is 278 g/mol. The fourth-order valence-electron chi connectivity index (χ4n) is 2.30. The zero-order valence-electron chi connectivity index (χ0n) is 13.4. The maximum absolute atomic E-state index is 8.96. The number of aliphatic hydroxyl groups is 1. The number of rotatable bonds is 9. The fourth-order valence-corrected chi connectivity index (χ4v) is 2.30. The van der Waals surface area contributed by atoms with Crippen LogP contribution in [0.4, 0.5) is 5.69 Å². The molecule has 0 fully saturated rings. The van der Waals surface area contributed by atoms with Gasteiger partial charge in [0.1, 0.15) is 0 Å². The van der Waals surface area contributed by atoms with E-state index in [1.807, 2.05) is 0 Å². The van der Waals surface area contributed by atoms with Gasteiger partial charge in [0.2, 0.25) is 0 Å². The van der Waals surface area contributed by atoms with Crippen LogP contribution in [0.3, 0.4) is 0 Å². The molecule has 3 nitrogen and oxygen atoms in total. The summed E-state index contributed by atoms with van der Waals surface area (Å²) in [5.41, 5.74) is 3.96. The number of benzene rings is 1. The lowest BCUT2D eigenvalue weighted by Crippen LogP contribution is -2.25. The number of hydrogen-bond acceptors (Lipinski definition) is 3. The van der Waals surface area contributed by atoms with Crippen molar-refractivity contribution in [3.8, 4) is 0 Å². The Bertz CT molecular complexity index is 391. The van der Waals surface area contributed by atoms with Crippen molar-refractivity contribution >= 4 is 5.69 Å². The van der Waals surface area contributed by atoms with Crippen molar-refractivity contribution in [2.75, 3.05) is 31.1 Å². The number of hydrogen-bond donors (Lipinski definition) is 2. The zero-order valence-corrected chi connectivity index (χ0v) is 13.4. The second-order valence-corrected chi connectivity index (χ2v) is 5.79. The Hall–Kier alpha value is -1.06. The van der Waals surface area contributed by atoms with Gasteiger partial charge >= 0.3 is 0 Å². The van der Waals surface area contributed by atoms with E-state index in [9.17, 15) is 0 Å². The van der Waals surface area contributed by atoms with Crippen LogP contribution in [0, 0.1) is 12.8 Å². The molecule has 0 atom stereocenters. The van der Waals surface area contributed by atoms with Gasteiger partial charge in [-0.05, 0) is 56.0 Å². The van der Waals surface area contributed by atoms with E-state index in [1.165, 1.54) is 16.8 Å². The molecule has 3 heteroatoms. The molecule has 114 valence electrons. The highest BCUT2D eigenvalue weighted by molar-refractivity contribution is 5.50. The van der Waals surface area contributed by atoms with E-state index >= 15 is 0 Å². The van der Waals surface area contributed by atoms with Crippen LogP contribution in [0.2, 0.25) is 0 Å². The van der Waals surface area contributed by atoms with Gasteiger partial charge in [0.15, 0.2) is 0 Å². The van der Waals surface area contributed by atoms with Gasteiger partial charge in [-0.2, -0.15) is 0 Å². The summed E-state index contributed by atoms with van der Waals surface area (Å²) in [5.74, 6) is 0.684. The van der Waals surface area contributed by atoms with Gasteiger partial charge in [-0.25, -0.2) is 0 Å². The molecule has 1 aromatic rings. The van der Waals surface area contributed by atoms with E-state index in [4.69, 9.17) is 5.11 Å². The minimum Gasteiger partial charge on any atom is -0.396 e. The first kappa shape index (κ1) is 17.0. The molecule has 1 rings (SSSR count). The van der Waals surface area contributed by atoms with Gasteiger partial charge in [0.25, 0.3) is 0 Å². The van der Waals surface area contributed by atoms with Crippen molar-refractivity contribution in [2.45, 2.75) is 40.7 Å². The predicted octanol–water partition coefficient (Wildman–Crippen LogP) is 2.95. The van der Waals surface area contributed by atoms with Gasteiger partial charge in [-0.15, -0.1) is 0 Å². The maximum atomic E-state index is 8.96. The Morgan fingerprint density at radius 2 is 2.05 bits per heavy atom. The zero-order chi connectivity index (χ0) is 15.0. The Kier molecular flexibility index (Phi) is 7.63. The fraction of sp³-hybridized carbons (Fsp3) is 0.647. The normalized spacial score (nSPS) is 11.1. The predicted molar refractivity (Wildman–Crippen MR) is 87.3 cm³/mol. The molecular formula is C17H30N2O. The van der Waals surface area contributed by atoms with Gasteiger partial charge in [-0.3, -0.25) is 0 Å². The summed E-state index contributed by atoms with van der Waals surface area (Å²) in [7, 11) is 0. The Morgan fingerprint density at radius 1 is 1.30 bits per heavy atom. The van der Waals surface area contributed by atoms with Crippen LogP contribution >= 0.6 is 0 Å². The quantitative estimate of drug-likeness (QED) is 0.729. The van der Waals surface area contributed by atoms with Crippen molar-refractivity contribution in [3.63, 3.8) is 0 Å². The van der Waals surface area contributed by atoms with Gasteiger partial charge in [0.05, 0.1) is 0 Å². The maximum Gasteiger partial charge on any atom is 0.0447 e. The largest absolute Gasteiger partial charge is 0.396 e. The van der Waals surface area contributed by atoms with Crippen LogP contribution in [0.1, 0.15) is 38.3 Å². The molecule has 20 heavy (non-hydrogen) atoms. The molecular weight excluding hydrogens is 248 g/mol. The van der Waals surface area contributed by atoms with E-state index in [1.54, 1.807) is 0 Å². The van der Waals surface area contributed by atoms with Crippen LogP contribution < -0.4 is 10.2 Å². The molecule has 0 bridgehead atoms. The molecule has 0 aliphatic carbocycles. The monoisotopic (exact) mass is 278 g/mol. The van der Waals surface area contributed by atoms with E-state index in [0.717, 1.165) is 32.6 Å². The van der Waals surface area contributed by atoms with Crippen LogP contribution in [0.25, 0.3) is 0 Å². The smallest absolute Gasteiger partial charge is 0.0447 e. The lowest BCUT2D eigenvalue weighted by Gasteiger charge is -2.24. The topological polar surface area (TPSA) is 35.5 Å². The third kappa shape index (κ3) is 5.51. The van der Waals surface area contributed by atoms with Crippen molar-refractivity contribution < 1.29 is 5.11 Å². The minimum atomic E-state index is 0.257. The first-order valence-electron chi connectivity index (χ1n) is 7.74. The number of nitrogens with one attached hydrogen (secondary N) is 1. The number of nitrogens with zero attached hydrogens (tertiary/aromatic N) is 1. The van der Waals surface area contributed by atoms with Crippen molar-refractivity contribution in [1.29, 1.82) is 0 Å². The first-order valence-corrected chi connectivity index (χ1v) is 7.74. The van der Waals surface area contributed by atoms with Crippen LogP contribution in [0.15, 0.2) is 18.2 Å². The summed E-state index contributed by atoms with van der Waals surface area (Å²) >= 11 is 0. The average Bonchev–Trinajstić information content (AvgIpc) is 2.41. The molecule has 0 aromatic heterocycles. The van der Waals surface area contributed by atoms with E-state index in [0.29, 0.717) is 5.92 Å². The van der Waals surface area contributed by atoms with Crippen LogP contribution in [-0.2, 0) is 6.54 Å². The van der Waals surface area contributed by atoms with Crippen molar-refractivity contribution in [2.24, 2.45) is 5.92 Å². The van der Waals surface area contributed by atoms with E-state index in [2.05, 4.69) is 56.1 Å². The minimum absolute atomic E-state index is 0.257. The number of anilines is 1. The number of aryl methyl sites for hydroxylation is 1. The van der Waals surface area contributed by atoms with Gasteiger partial charge in [0, 0.05) is 31.9 Å². The second-order valence-electron chi connectivity index (χ2n) is 5.79. The summed E-state index contributed by atoms with van der Waals surface area (Å²) in [6, 6.07) is 6.67. The lowest BCUT2D eigenvalue weighted by molar-refractivity contribution is 0.289. The van der Waals surface area contributed by atoms with Crippen molar-refractivity contribution in [1.82, 2.24) is 5.32 Å². The molecule has 0 heterocycles. The Balaban J connectivity index is 2.65. The summed E-state index contributed by atoms with van der Waals surface area (Å²) in [5, 5.41) is 12.5. The van der Waals surface area contributed by atoms with E-state index in [-0.39, 0.29) is 6.61 Å². The van der Waals surface area contributed by atoms with Crippen LogP contribution in [-0.4, -0.2) is 31.3 Å². The molecule has 0 spiro atoms. The molecule has 2 N–H and O–H groups in total. The SMILES string of the molecule is CCN(CCCO)c1ccc(CNCC(C)C)c(C)c1. The van der Waals surface area contributed by atoms with E-state index < -0.39 is 0 Å². The summed E-state index contributed by atoms with van der Waals surface area (Å²) in [4.78, 5) is 2.31. The molecule has 0 saturated heterocycles. The third-order valence-electron chi connectivity index (χ3n) is 3.53. The van der Waals surface area contributed by atoms with Gasteiger partial charge < -0.3 is 15.3 Å². The Labute approximate surface area is 124 Å². The molecule has 0 aliphatic rings. The highest BCUT2D eigenvalue weighted by Crippen LogP contribution is 2.19. The highest BCUT2D eigenvalue weighted by Gasteiger charge is 2.06. The highest BCUT2D eigenvalue weighted by atomic mass is 16.3. The van der Waals surface area contributed by atoms with Crippen LogP contribution in [0.5, 0.6) is 0 Å². The summed E-state index contributed by atoms with van der Waals surface area (Å²) < 4.78 is 0. The molecule has 0 radical (unpaired) electrons. The molecule has 0 unspecified atom stereocenters. The van der Waals surface area contributed by atoms with Gasteiger partial charge in [-0.1, -0.05) is 19.9 Å². The first-order chi connectivity index (χ1) is 9.58. The molecule has 0 saturated carbocycles. The lowest BCUT2D eigenvalue weighted by atomic mass is 10.1. The Morgan fingerprint density at radius 3 is 2.60 bits per heavy atom. The summed E-state index contributed by atoms with van der Waals surface area (Å²) in [6.07, 6.45) is 0.824. The van der Waals surface area contributed by atoms with Crippen molar-refractivity contribution in [3.05, 3.63) is 29.3 Å². The molecule has 0 aliphatic heterocycles.